The van der Waals surface area contributed by atoms with Crippen molar-refractivity contribution in [2.75, 3.05) is 19.0 Å². The highest BCUT2D eigenvalue weighted by molar-refractivity contribution is 9.10. The fourth-order valence-electron chi connectivity index (χ4n) is 1.85. The van der Waals surface area contributed by atoms with Gasteiger partial charge in [0, 0.05) is 15.6 Å². The third-order valence-corrected chi connectivity index (χ3v) is 4.20. The first-order valence-electron chi connectivity index (χ1n) is 6.62. The lowest BCUT2D eigenvalue weighted by Gasteiger charge is -2.13. The van der Waals surface area contributed by atoms with E-state index in [0.29, 0.717) is 27.2 Å². The maximum atomic E-state index is 12.1. The van der Waals surface area contributed by atoms with Crippen molar-refractivity contribution in [3.05, 3.63) is 50.4 Å². The van der Waals surface area contributed by atoms with E-state index in [4.69, 9.17) is 32.7 Å². The van der Waals surface area contributed by atoms with Gasteiger partial charge >= 0.3 is 0 Å². The van der Waals surface area contributed by atoms with Gasteiger partial charge in [0.1, 0.15) is 11.5 Å². The van der Waals surface area contributed by atoms with E-state index in [2.05, 4.69) is 21.2 Å². The molecule has 0 aliphatic rings. The summed E-state index contributed by atoms with van der Waals surface area (Å²) in [7, 11) is 1.51. The number of carbonyl (C=O) groups excluding carboxylic acids is 1. The van der Waals surface area contributed by atoms with Crippen molar-refractivity contribution in [2.45, 2.75) is 6.92 Å². The van der Waals surface area contributed by atoms with Gasteiger partial charge in [0.05, 0.1) is 17.8 Å². The fraction of sp³-hybridized carbons (Fsp3) is 0.188. The molecule has 0 spiro atoms. The molecule has 2 aromatic rings. The van der Waals surface area contributed by atoms with Gasteiger partial charge < -0.3 is 14.8 Å². The van der Waals surface area contributed by atoms with E-state index in [1.165, 1.54) is 7.11 Å². The van der Waals surface area contributed by atoms with Gasteiger partial charge in [-0.2, -0.15) is 0 Å². The highest BCUT2D eigenvalue weighted by Crippen LogP contribution is 2.31. The van der Waals surface area contributed by atoms with Gasteiger partial charge in [-0.25, -0.2) is 0 Å². The summed E-state index contributed by atoms with van der Waals surface area (Å²) in [6, 6.07) is 8.56. The standard InChI is InChI=1S/C16H14BrCl2NO3/c1-9-5-13(15(22-2)7-11(9)18)20-16(21)8-23-14-4-3-10(17)6-12(14)19/h3-7H,8H2,1-2H3,(H,20,21). The Morgan fingerprint density at radius 3 is 2.57 bits per heavy atom. The maximum absolute atomic E-state index is 12.1. The Morgan fingerprint density at radius 2 is 1.91 bits per heavy atom. The van der Waals surface area contributed by atoms with E-state index in [1.807, 2.05) is 6.92 Å². The summed E-state index contributed by atoms with van der Waals surface area (Å²) >= 11 is 15.4. The van der Waals surface area contributed by atoms with E-state index in [-0.39, 0.29) is 12.5 Å². The number of hydrogen-bond acceptors (Lipinski definition) is 3. The van der Waals surface area contributed by atoms with Crippen molar-refractivity contribution < 1.29 is 14.3 Å². The van der Waals surface area contributed by atoms with Crippen molar-refractivity contribution in [3.63, 3.8) is 0 Å². The van der Waals surface area contributed by atoms with Gasteiger partial charge in [-0.1, -0.05) is 39.1 Å². The third kappa shape index (κ3) is 4.77. The first-order chi connectivity index (χ1) is 10.9. The van der Waals surface area contributed by atoms with Crippen molar-refractivity contribution in [1.29, 1.82) is 0 Å². The van der Waals surface area contributed by atoms with Crippen LogP contribution in [0.15, 0.2) is 34.8 Å². The number of carbonyl (C=O) groups is 1. The summed E-state index contributed by atoms with van der Waals surface area (Å²) < 4.78 is 11.5. The summed E-state index contributed by atoms with van der Waals surface area (Å²) in [5.41, 5.74) is 1.37. The molecule has 0 fully saturated rings. The van der Waals surface area contributed by atoms with Crippen LogP contribution in [0.4, 0.5) is 5.69 Å². The van der Waals surface area contributed by atoms with Crippen molar-refractivity contribution in [3.8, 4) is 11.5 Å². The lowest BCUT2D eigenvalue weighted by Crippen LogP contribution is -2.20. The number of aryl methyl sites for hydroxylation is 1. The predicted octanol–water partition coefficient (Wildman–Crippen LogP) is 5.09. The van der Waals surface area contributed by atoms with Crippen molar-refractivity contribution in [2.24, 2.45) is 0 Å². The molecule has 0 aliphatic heterocycles. The number of anilines is 1. The van der Waals surface area contributed by atoms with Crippen LogP contribution in [-0.4, -0.2) is 19.6 Å². The number of rotatable bonds is 5. The number of methoxy groups -OCH3 is 1. The van der Waals surface area contributed by atoms with E-state index in [1.54, 1.807) is 30.3 Å². The van der Waals surface area contributed by atoms with Crippen LogP contribution in [0.25, 0.3) is 0 Å². The Bertz CT molecular complexity index is 738. The first kappa shape index (κ1) is 17.9. The van der Waals surface area contributed by atoms with Crippen LogP contribution in [0.2, 0.25) is 10.0 Å². The average Bonchev–Trinajstić information content (AvgIpc) is 2.49. The van der Waals surface area contributed by atoms with Gasteiger partial charge in [-0.15, -0.1) is 0 Å². The van der Waals surface area contributed by atoms with Crippen LogP contribution in [-0.2, 0) is 4.79 Å². The van der Waals surface area contributed by atoms with Gasteiger partial charge in [0.15, 0.2) is 6.61 Å². The largest absolute Gasteiger partial charge is 0.495 e. The average molecular weight is 419 g/mol. The van der Waals surface area contributed by atoms with Gasteiger partial charge in [-0.05, 0) is 36.8 Å². The molecule has 0 aliphatic carbocycles. The maximum Gasteiger partial charge on any atom is 0.262 e. The molecule has 122 valence electrons. The quantitative estimate of drug-likeness (QED) is 0.735. The lowest BCUT2D eigenvalue weighted by atomic mass is 10.2. The second-order valence-corrected chi connectivity index (χ2v) is 6.44. The van der Waals surface area contributed by atoms with E-state index >= 15 is 0 Å². The van der Waals surface area contributed by atoms with E-state index in [9.17, 15) is 4.79 Å². The molecule has 7 heteroatoms. The van der Waals surface area contributed by atoms with Crippen LogP contribution in [0.1, 0.15) is 5.56 Å². The second kappa shape index (κ2) is 7.90. The smallest absolute Gasteiger partial charge is 0.262 e. The molecule has 0 saturated carbocycles. The zero-order valence-electron chi connectivity index (χ0n) is 12.5. The monoisotopic (exact) mass is 417 g/mol. The zero-order chi connectivity index (χ0) is 17.0. The molecule has 0 saturated heterocycles. The normalized spacial score (nSPS) is 10.3. The molecule has 23 heavy (non-hydrogen) atoms. The molecule has 0 aromatic heterocycles. The second-order valence-electron chi connectivity index (χ2n) is 4.71. The summed E-state index contributed by atoms with van der Waals surface area (Å²) in [6.07, 6.45) is 0. The highest BCUT2D eigenvalue weighted by atomic mass is 79.9. The van der Waals surface area contributed by atoms with E-state index in [0.717, 1.165) is 10.0 Å². The molecular formula is C16H14BrCl2NO3. The Hall–Kier alpha value is -1.43. The Labute approximate surface area is 152 Å². The first-order valence-corrected chi connectivity index (χ1v) is 8.17. The predicted molar refractivity (Wildman–Crippen MR) is 96.0 cm³/mol. The summed E-state index contributed by atoms with van der Waals surface area (Å²) in [5, 5.41) is 3.72. The molecular weight excluding hydrogens is 405 g/mol. The van der Waals surface area contributed by atoms with Crippen LogP contribution in [0.5, 0.6) is 11.5 Å². The van der Waals surface area contributed by atoms with Crippen molar-refractivity contribution in [1.82, 2.24) is 0 Å². The molecule has 0 radical (unpaired) electrons. The number of halogens is 3. The van der Waals surface area contributed by atoms with Gasteiger partial charge in [0.2, 0.25) is 0 Å². The molecule has 1 amide bonds. The third-order valence-electron chi connectivity index (χ3n) is 3.01. The van der Waals surface area contributed by atoms with Crippen LogP contribution < -0.4 is 14.8 Å². The van der Waals surface area contributed by atoms with E-state index < -0.39 is 0 Å². The molecule has 2 aromatic carbocycles. The van der Waals surface area contributed by atoms with Crippen LogP contribution >= 0.6 is 39.1 Å². The van der Waals surface area contributed by atoms with Crippen molar-refractivity contribution >= 4 is 50.7 Å². The van der Waals surface area contributed by atoms with Gasteiger partial charge in [0.25, 0.3) is 5.91 Å². The van der Waals surface area contributed by atoms with Crippen LogP contribution in [0, 0.1) is 6.92 Å². The van der Waals surface area contributed by atoms with Crippen LogP contribution in [0.3, 0.4) is 0 Å². The molecule has 2 rings (SSSR count). The summed E-state index contributed by atoms with van der Waals surface area (Å²) in [6.45, 7) is 1.67. The number of hydrogen-bond donors (Lipinski definition) is 1. The number of ether oxygens (including phenoxy) is 2. The number of benzene rings is 2. The fourth-order valence-corrected chi connectivity index (χ4v) is 2.73. The Morgan fingerprint density at radius 1 is 1.17 bits per heavy atom. The minimum absolute atomic E-state index is 0.174. The minimum atomic E-state index is -0.330. The molecule has 1 N–H and O–H groups in total. The lowest BCUT2D eigenvalue weighted by molar-refractivity contribution is -0.118. The topological polar surface area (TPSA) is 47.6 Å². The Kier molecular flexibility index (Phi) is 6.16. The molecule has 0 atom stereocenters. The highest BCUT2D eigenvalue weighted by Gasteiger charge is 2.12. The molecule has 0 unspecified atom stereocenters. The zero-order valence-corrected chi connectivity index (χ0v) is 15.6. The van der Waals surface area contributed by atoms with Gasteiger partial charge in [-0.3, -0.25) is 4.79 Å². The SMILES string of the molecule is COc1cc(Cl)c(C)cc1NC(=O)COc1ccc(Br)cc1Cl. The molecule has 0 heterocycles. The Balaban J connectivity index is 2.04. The molecule has 4 nitrogen and oxygen atoms in total. The summed E-state index contributed by atoms with van der Waals surface area (Å²) in [5.74, 6) is 0.587. The molecule has 0 bridgehead atoms. The summed E-state index contributed by atoms with van der Waals surface area (Å²) in [4.78, 5) is 12.1. The number of amides is 1. The number of nitrogens with one attached hydrogen (secondary N) is 1. The minimum Gasteiger partial charge on any atom is -0.495 e.